The quantitative estimate of drug-likeness (QED) is 0.856. The molecule has 2 nitrogen and oxygen atoms in total. The molecule has 0 radical (unpaired) electrons. The Kier molecular flexibility index (Phi) is 3.95. The zero-order valence-corrected chi connectivity index (χ0v) is 12.1. The number of hydrogen-bond donors (Lipinski definition) is 1. The molecule has 3 heteroatoms. The van der Waals surface area contributed by atoms with Crippen LogP contribution < -0.4 is 5.32 Å². The molecule has 0 amide bonds. The summed E-state index contributed by atoms with van der Waals surface area (Å²) in [6, 6.07) is 9.29. The van der Waals surface area contributed by atoms with Gasteiger partial charge in [0, 0.05) is 11.6 Å². The van der Waals surface area contributed by atoms with E-state index in [1.165, 1.54) is 29.0 Å². The summed E-state index contributed by atoms with van der Waals surface area (Å²) in [7, 11) is 0. The summed E-state index contributed by atoms with van der Waals surface area (Å²) >= 11 is 1.73. The SMILES string of the molecule is CCCNC(c1cccc(C2CC2)c1)c1nccs1. The Bertz CT molecular complexity index is 517. The summed E-state index contributed by atoms with van der Waals surface area (Å²) in [4.78, 5) is 4.49. The summed E-state index contributed by atoms with van der Waals surface area (Å²) in [5, 5.41) is 6.85. The average molecular weight is 272 g/mol. The van der Waals surface area contributed by atoms with Crippen molar-refractivity contribution in [1.29, 1.82) is 0 Å². The van der Waals surface area contributed by atoms with E-state index in [1.807, 2.05) is 6.20 Å². The van der Waals surface area contributed by atoms with Crippen LogP contribution in [0, 0.1) is 0 Å². The summed E-state index contributed by atoms with van der Waals surface area (Å²) in [5.74, 6) is 0.808. The lowest BCUT2D eigenvalue weighted by Gasteiger charge is -2.17. The van der Waals surface area contributed by atoms with Crippen LogP contribution in [-0.4, -0.2) is 11.5 Å². The monoisotopic (exact) mass is 272 g/mol. The fraction of sp³-hybridized carbons (Fsp3) is 0.438. The highest BCUT2D eigenvalue weighted by Gasteiger charge is 2.24. The molecule has 0 aliphatic heterocycles. The van der Waals surface area contributed by atoms with Crippen LogP contribution in [0.15, 0.2) is 35.8 Å². The Balaban J connectivity index is 1.87. The van der Waals surface area contributed by atoms with E-state index in [-0.39, 0.29) is 6.04 Å². The van der Waals surface area contributed by atoms with Gasteiger partial charge in [0.15, 0.2) is 0 Å². The first kappa shape index (κ1) is 12.8. The number of benzene rings is 1. The zero-order valence-electron chi connectivity index (χ0n) is 11.3. The Morgan fingerprint density at radius 2 is 2.32 bits per heavy atom. The first-order chi connectivity index (χ1) is 9.38. The van der Waals surface area contributed by atoms with Crippen molar-refractivity contribution in [2.75, 3.05) is 6.54 Å². The fourth-order valence-electron chi connectivity index (χ4n) is 2.42. The minimum atomic E-state index is 0.249. The van der Waals surface area contributed by atoms with Crippen LogP contribution in [-0.2, 0) is 0 Å². The van der Waals surface area contributed by atoms with E-state index >= 15 is 0 Å². The van der Waals surface area contributed by atoms with Crippen LogP contribution >= 0.6 is 11.3 Å². The van der Waals surface area contributed by atoms with E-state index in [1.54, 1.807) is 11.3 Å². The minimum Gasteiger partial charge on any atom is -0.304 e. The summed E-state index contributed by atoms with van der Waals surface area (Å²) in [5.41, 5.74) is 2.85. The third-order valence-corrected chi connectivity index (χ3v) is 4.43. The van der Waals surface area contributed by atoms with Gasteiger partial charge in [0.2, 0.25) is 0 Å². The molecule has 1 aliphatic carbocycles. The first-order valence-corrected chi connectivity index (χ1v) is 7.99. The third-order valence-electron chi connectivity index (χ3n) is 3.59. The molecule has 0 saturated heterocycles. The number of aromatic nitrogens is 1. The first-order valence-electron chi connectivity index (χ1n) is 7.11. The zero-order chi connectivity index (χ0) is 13.1. The van der Waals surface area contributed by atoms with Crippen molar-refractivity contribution in [2.45, 2.75) is 38.1 Å². The maximum absolute atomic E-state index is 4.49. The smallest absolute Gasteiger partial charge is 0.114 e. The standard InChI is InChI=1S/C16H20N2S/c1-2-8-17-15(16-18-9-10-19-16)14-5-3-4-13(11-14)12-6-7-12/h3-5,9-12,15,17H,2,6-8H2,1H3. The highest BCUT2D eigenvalue weighted by molar-refractivity contribution is 7.09. The van der Waals surface area contributed by atoms with Gasteiger partial charge in [-0.25, -0.2) is 4.98 Å². The topological polar surface area (TPSA) is 24.9 Å². The van der Waals surface area contributed by atoms with Crippen LogP contribution in [0.2, 0.25) is 0 Å². The van der Waals surface area contributed by atoms with Gasteiger partial charge in [-0.1, -0.05) is 31.2 Å². The van der Waals surface area contributed by atoms with Crippen molar-refractivity contribution < 1.29 is 0 Å². The van der Waals surface area contributed by atoms with Gasteiger partial charge in [-0.2, -0.15) is 0 Å². The van der Waals surface area contributed by atoms with E-state index in [2.05, 4.69) is 46.9 Å². The molecule has 1 aliphatic rings. The van der Waals surface area contributed by atoms with Gasteiger partial charge < -0.3 is 5.32 Å². The van der Waals surface area contributed by atoms with Crippen LogP contribution in [0.4, 0.5) is 0 Å². The second kappa shape index (κ2) is 5.85. The number of thiazole rings is 1. The van der Waals surface area contributed by atoms with Crippen molar-refractivity contribution in [3.8, 4) is 0 Å². The second-order valence-electron chi connectivity index (χ2n) is 5.20. The van der Waals surface area contributed by atoms with Gasteiger partial charge >= 0.3 is 0 Å². The van der Waals surface area contributed by atoms with Crippen molar-refractivity contribution in [3.63, 3.8) is 0 Å². The molecule has 1 N–H and O–H groups in total. The molecule has 1 aromatic heterocycles. The molecule has 0 spiro atoms. The molecule has 1 saturated carbocycles. The van der Waals surface area contributed by atoms with Gasteiger partial charge in [0.25, 0.3) is 0 Å². The van der Waals surface area contributed by atoms with Gasteiger partial charge in [0.05, 0.1) is 6.04 Å². The Labute approximate surface area is 118 Å². The van der Waals surface area contributed by atoms with Crippen molar-refractivity contribution in [1.82, 2.24) is 10.3 Å². The molecule has 100 valence electrons. The highest BCUT2D eigenvalue weighted by atomic mass is 32.1. The number of hydrogen-bond acceptors (Lipinski definition) is 3. The Morgan fingerprint density at radius 3 is 3.00 bits per heavy atom. The van der Waals surface area contributed by atoms with E-state index < -0.39 is 0 Å². The van der Waals surface area contributed by atoms with Gasteiger partial charge in [0.1, 0.15) is 5.01 Å². The predicted octanol–water partition coefficient (Wildman–Crippen LogP) is 4.11. The summed E-state index contributed by atoms with van der Waals surface area (Å²) < 4.78 is 0. The number of rotatable bonds is 6. The normalized spacial score (nSPS) is 16.5. The van der Waals surface area contributed by atoms with Gasteiger partial charge in [-0.05, 0) is 42.9 Å². The number of nitrogens with zero attached hydrogens (tertiary/aromatic N) is 1. The van der Waals surface area contributed by atoms with Crippen LogP contribution in [0.1, 0.15) is 54.3 Å². The predicted molar refractivity (Wildman–Crippen MR) is 80.7 cm³/mol. The van der Waals surface area contributed by atoms with Crippen LogP contribution in [0.5, 0.6) is 0 Å². The molecule has 3 rings (SSSR count). The lowest BCUT2D eigenvalue weighted by Crippen LogP contribution is -2.23. The maximum Gasteiger partial charge on any atom is 0.114 e. The molecule has 1 aromatic carbocycles. The molecule has 1 unspecified atom stereocenters. The van der Waals surface area contributed by atoms with Crippen molar-refractivity contribution in [3.05, 3.63) is 52.0 Å². The molecule has 2 aromatic rings. The van der Waals surface area contributed by atoms with E-state index in [0.717, 1.165) is 18.9 Å². The fourth-order valence-corrected chi connectivity index (χ4v) is 3.16. The largest absolute Gasteiger partial charge is 0.304 e. The Hall–Kier alpha value is -1.19. The van der Waals surface area contributed by atoms with Crippen LogP contribution in [0.3, 0.4) is 0 Å². The van der Waals surface area contributed by atoms with E-state index in [9.17, 15) is 0 Å². The second-order valence-corrected chi connectivity index (χ2v) is 6.13. The van der Waals surface area contributed by atoms with Gasteiger partial charge in [-0.15, -0.1) is 11.3 Å². The van der Waals surface area contributed by atoms with Crippen molar-refractivity contribution >= 4 is 11.3 Å². The molecule has 19 heavy (non-hydrogen) atoms. The molecule has 1 fully saturated rings. The minimum absolute atomic E-state index is 0.249. The lowest BCUT2D eigenvalue weighted by atomic mass is 10.0. The molecule has 1 heterocycles. The molecular weight excluding hydrogens is 252 g/mol. The third kappa shape index (κ3) is 3.04. The highest BCUT2D eigenvalue weighted by Crippen LogP contribution is 2.41. The van der Waals surface area contributed by atoms with Crippen molar-refractivity contribution in [2.24, 2.45) is 0 Å². The van der Waals surface area contributed by atoms with E-state index in [4.69, 9.17) is 0 Å². The summed E-state index contributed by atoms with van der Waals surface area (Å²) in [6.07, 6.45) is 5.75. The van der Waals surface area contributed by atoms with E-state index in [0.29, 0.717) is 0 Å². The molecule has 1 atom stereocenters. The molecular formula is C16H20N2S. The lowest BCUT2D eigenvalue weighted by molar-refractivity contribution is 0.595. The van der Waals surface area contributed by atoms with Crippen LogP contribution in [0.25, 0.3) is 0 Å². The Morgan fingerprint density at radius 1 is 1.42 bits per heavy atom. The van der Waals surface area contributed by atoms with Gasteiger partial charge in [-0.3, -0.25) is 0 Å². The summed E-state index contributed by atoms with van der Waals surface area (Å²) in [6.45, 7) is 3.23. The number of nitrogens with one attached hydrogen (secondary N) is 1. The average Bonchev–Trinajstić information content (AvgIpc) is 3.17. The maximum atomic E-state index is 4.49. The molecule has 0 bridgehead atoms.